The molecule has 0 saturated heterocycles. The Bertz CT molecular complexity index is 1040. The van der Waals surface area contributed by atoms with E-state index in [9.17, 15) is 14.4 Å². The van der Waals surface area contributed by atoms with Gasteiger partial charge in [-0.2, -0.15) is 0 Å². The topological polar surface area (TPSA) is 89.1 Å². The van der Waals surface area contributed by atoms with E-state index in [2.05, 4.69) is 16.9 Å². The maximum absolute atomic E-state index is 12.1. The van der Waals surface area contributed by atoms with Crippen LogP contribution in [0.2, 0.25) is 0 Å². The van der Waals surface area contributed by atoms with E-state index in [1.165, 1.54) is 5.56 Å². The summed E-state index contributed by atoms with van der Waals surface area (Å²) in [6, 6.07) is 14.4. The average Bonchev–Trinajstić information content (AvgIpc) is 2.71. The second-order valence-electron chi connectivity index (χ2n) is 6.56. The number of aryl methyl sites for hydroxylation is 2. The standard InChI is InChI=1S/C22H22N2O4/c1-2-5-15-8-10-16(11-9-15)19(25)14-28-21(26)13-12-20-23-18-7-4-3-6-17(18)22(27)24-20/h3-4,6-11H,2,5,12-14H2,1H3,(H,23,24,27). The molecule has 0 aliphatic rings. The number of carbonyl (C=O) groups excluding carboxylic acids is 2. The van der Waals surface area contributed by atoms with Crippen molar-refractivity contribution in [1.82, 2.24) is 9.97 Å². The molecule has 3 aromatic rings. The van der Waals surface area contributed by atoms with Gasteiger partial charge in [0, 0.05) is 12.0 Å². The molecule has 1 aromatic heterocycles. The zero-order chi connectivity index (χ0) is 19.9. The minimum atomic E-state index is -0.508. The number of Topliss-reactive ketones (excluding diaryl/α,β-unsaturated/α-hetero) is 1. The van der Waals surface area contributed by atoms with Crippen molar-refractivity contribution in [3.8, 4) is 0 Å². The van der Waals surface area contributed by atoms with Gasteiger partial charge in [-0.15, -0.1) is 0 Å². The summed E-state index contributed by atoms with van der Waals surface area (Å²) in [6.45, 7) is 1.80. The number of para-hydroxylation sites is 1. The lowest BCUT2D eigenvalue weighted by Gasteiger charge is -2.06. The highest BCUT2D eigenvalue weighted by molar-refractivity contribution is 5.97. The summed E-state index contributed by atoms with van der Waals surface area (Å²) in [4.78, 5) is 43.1. The van der Waals surface area contributed by atoms with Crippen LogP contribution < -0.4 is 5.56 Å². The minimum Gasteiger partial charge on any atom is -0.457 e. The third-order valence-electron chi connectivity index (χ3n) is 4.41. The van der Waals surface area contributed by atoms with Crippen LogP contribution in [0.3, 0.4) is 0 Å². The highest BCUT2D eigenvalue weighted by Gasteiger charge is 2.11. The van der Waals surface area contributed by atoms with Gasteiger partial charge < -0.3 is 9.72 Å². The maximum Gasteiger partial charge on any atom is 0.306 e. The van der Waals surface area contributed by atoms with Gasteiger partial charge in [-0.05, 0) is 24.1 Å². The number of hydrogen-bond acceptors (Lipinski definition) is 5. The number of fused-ring (bicyclic) bond motifs is 1. The smallest absolute Gasteiger partial charge is 0.306 e. The van der Waals surface area contributed by atoms with Gasteiger partial charge in [0.2, 0.25) is 0 Å². The van der Waals surface area contributed by atoms with Gasteiger partial charge in [0.05, 0.1) is 17.3 Å². The van der Waals surface area contributed by atoms with Crippen molar-refractivity contribution in [2.75, 3.05) is 6.61 Å². The maximum atomic E-state index is 12.1. The van der Waals surface area contributed by atoms with Crippen molar-refractivity contribution in [3.63, 3.8) is 0 Å². The molecule has 1 N–H and O–H groups in total. The highest BCUT2D eigenvalue weighted by Crippen LogP contribution is 2.09. The molecule has 0 fully saturated rings. The fourth-order valence-electron chi connectivity index (χ4n) is 2.92. The SMILES string of the molecule is CCCc1ccc(C(=O)COC(=O)CCc2nc3ccccc3c(=O)[nH]2)cc1. The lowest BCUT2D eigenvalue weighted by molar-refractivity contribution is -0.142. The van der Waals surface area contributed by atoms with Gasteiger partial charge in [0.1, 0.15) is 5.82 Å². The Morgan fingerprint density at radius 2 is 1.79 bits per heavy atom. The van der Waals surface area contributed by atoms with Gasteiger partial charge in [-0.25, -0.2) is 4.98 Å². The predicted molar refractivity (Wildman–Crippen MR) is 106 cm³/mol. The Kier molecular flexibility index (Phi) is 6.32. The molecule has 0 unspecified atom stereocenters. The number of aromatic amines is 1. The molecular formula is C22H22N2O4. The summed E-state index contributed by atoms with van der Waals surface area (Å²) >= 11 is 0. The summed E-state index contributed by atoms with van der Waals surface area (Å²) < 4.78 is 5.07. The van der Waals surface area contributed by atoms with Crippen molar-refractivity contribution in [3.05, 3.63) is 75.8 Å². The molecule has 0 aliphatic heterocycles. The lowest BCUT2D eigenvalue weighted by Crippen LogP contribution is -2.16. The normalized spacial score (nSPS) is 10.8. The second-order valence-corrected chi connectivity index (χ2v) is 6.56. The zero-order valence-corrected chi connectivity index (χ0v) is 15.7. The van der Waals surface area contributed by atoms with E-state index in [-0.39, 0.29) is 30.8 Å². The largest absolute Gasteiger partial charge is 0.457 e. The zero-order valence-electron chi connectivity index (χ0n) is 15.7. The molecule has 1 heterocycles. The monoisotopic (exact) mass is 378 g/mol. The minimum absolute atomic E-state index is 0.0317. The number of ether oxygens (including phenoxy) is 1. The van der Waals surface area contributed by atoms with Gasteiger partial charge in [-0.1, -0.05) is 49.7 Å². The quantitative estimate of drug-likeness (QED) is 0.480. The van der Waals surface area contributed by atoms with E-state index in [4.69, 9.17) is 4.74 Å². The van der Waals surface area contributed by atoms with E-state index in [1.807, 2.05) is 12.1 Å². The average molecular weight is 378 g/mol. The van der Waals surface area contributed by atoms with Crippen LogP contribution in [-0.4, -0.2) is 28.3 Å². The number of hydrogen-bond donors (Lipinski definition) is 1. The fourth-order valence-corrected chi connectivity index (χ4v) is 2.92. The number of carbonyl (C=O) groups is 2. The van der Waals surface area contributed by atoms with Gasteiger partial charge in [-0.3, -0.25) is 14.4 Å². The van der Waals surface area contributed by atoms with Crippen molar-refractivity contribution in [2.24, 2.45) is 0 Å². The Balaban J connectivity index is 1.52. The van der Waals surface area contributed by atoms with E-state index >= 15 is 0 Å². The van der Waals surface area contributed by atoms with Gasteiger partial charge in [0.25, 0.3) is 5.56 Å². The molecule has 6 nitrogen and oxygen atoms in total. The molecule has 0 amide bonds. The number of H-pyrrole nitrogens is 1. The fraction of sp³-hybridized carbons (Fsp3) is 0.273. The summed E-state index contributed by atoms with van der Waals surface area (Å²) in [6.07, 6.45) is 2.28. The molecule has 0 bridgehead atoms. The molecular weight excluding hydrogens is 356 g/mol. The predicted octanol–water partition coefficient (Wildman–Crippen LogP) is 3.23. The first kappa shape index (κ1) is 19.5. The van der Waals surface area contributed by atoms with Crippen LogP contribution >= 0.6 is 0 Å². The molecule has 6 heteroatoms. The first-order chi connectivity index (χ1) is 13.6. The summed E-state index contributed by atoms with van der Waals surface area (Å²) in [5.41, 5.74) is 2.04. The van der Waals surface area contributed by atoms with E-state index < -0.39 is 5.97 Å². The summed E-state index contributed by atoms with van der Waals surface area (Å²) in [5.74, 6) is -0.334. The molecule has 0 radical (unpaired) electrons. The van der Waals surface area contributed by atoms with E-state index in [1.54, 1.807) is 36.4 Å². The molecule has 2 aromatic carbocycles. The summed E-state index contributed by atoms with van der Waals surface area (Å²) in [5, 5.41) is 0.504. The molecule has 0 saturated carbocycles. The lowest BCUT2D eigenvalue weighted by atomic mass is 10.1. The molecule has 0 spiro atoms. The van der Waals surface area contributed by atoms with Crippen molar-refractivity contribution < 1.29 is 14.3 Å². The number of benzene rings is 2. The number of aromatic nitrogens is 2. The third kappa shape index (κ3) is 4.91. The Hall–Kier alpha value is -3.28. The number of rotatable bonds is 8. The first-order valence-electron chi connectivity index (χ1n) is 9.32. The second kappa shape index (κ2) is 9.08. The Labute approximate surface area is 162 Å². The van der Waals surface area contributed by atoms with Crippen molar-refractivity contribution >= 4 is 22.7 Å². The van der Waals surface area contributed by atoms with Crippen molar-refractivity contribution in [1.29, 1.82) is 0 Å². The highest BCUT2D eigenvalue weighted by atomic mass is 16.5. The number of esters is 1. The van der Waals surface area contributed by atoms with Crippen LogP contribution in [0.5, 0.6) is 0 Å². The van der Waals surface area contributed by atoms with Crippen LogP contribution in [0.1, 0.15) is 41.5 Å². The number of nitrogens with one attached hydrogen (secondary N) is 1. The van der Waals surface area contributed by atoms with Crippen LogP contribution in [0, 0.1) is 0 Å². The molecule has 0 atom stereocenters. The molecule has 3 rings (SSSR count). The van der Waals surface area contributed by atoms with Gasteiger partial charge in [0.15, 0.2) is 12.4 Å². The van der Waals surface area contributed by atoms with Crippen LogP contribution in [0.4, 0.5) is 0 Å². The number of ketones is 1. The molecule has 144 valence electrons. The summed E-state index contributed by atoms with van der Waals surface area (Å²) in [7, 11) is 0. The third-order valence-corrected chi connectivity index (χ3v) is 4.41. The van der Waals surface area contributed by atoms with Gasteiger partial charge >= 0.3 is 5.97 Å². The van der Waals surface area contributed by atoms with Crippen LogP contribution in [0.15, 0.2) is 53.3 Å². The van der Waals surface area contributed by atoms with E-state index in [0.29, 0.717) is 22.3 Å². The molecule has 0 aliphatic carbocycles. The van der Waals surface area contributed by atoms with Crippen molar-refractivity contribution in [2.45, 2.75) is 32.6 Å². The first-order valence-corrected chi connectivity index (χ1v) is 9.32. The van der Waals surface area contributed by atoms with Crippen LogP contribution in [-0.2, 0) is 22.4 Å². The number of nitrogens with zero attached hydrogens (tertiary/aromatic N) is 1. The Morgan fingerprint density at radius 3 is 2.54 bits per heavy atom. The molecule has 28 heavy (non-hydrogen) atoms. The Morgan fingerprint density at radius 1 is 1.04 bits per heavy atom. The van der Waals surface area contributed by atoms with Crippen LogP contribution in [0.25, 0.3) is 10.9 Å². The van der Waals surface area contributed by atoms with E-state index in [0.717, 1.165) is 12.8 Å².